The predicted octanol–water partition coefficient (Wildman–Crippen LogP) is 3.15. The smallest absolute Gasteiger partial charge is 0.230 e. The third-order valence-electron chi connectivity index (χ3n) is 4.09. The molecule has 1 aliphatic carbocycles. The van der Waals surface area contributed by atoms with E-state index in [4.69, 9.17) is 4.74 Å². The van der Waals surface area contributed by atoms with Gasteiger partial charge in [-0.2, -0.15) is 11.3 Å². The summed E-state index contributed by atoms with van der Waals surface area (Å²) in [4.78, 5) is 12.6. The van der Waals surface area contributed by atoms with Crippen molar-refractivity contribution in [1.29, 1.82) is 0 Å². The van der Waals surface area contributed by atoms with Crippen molar-refractivity contribution in [3.63, 3.8) is 0 Å². The van der Waals surface area contributed by atoms with Crippen LogP contribution in [0.15, 0.2) is 41.1 Å². The molecule has 0 unspecified atom stereocenters. The Labute approximate surface area is 129 Å². The molecule has 0 bridgehead atoms. The first kappa shape index (κ1) is 14.1. The minimum absolute atomic E-state index is 0.127. The first-order valence-corrected chi connectivity index (χ1v) is 8.13. The first-order valence-electron chi connectivity index (χ1n) is 7.19. The number of methoxy groups -OCH3 is 1. The molecule has 0 aliphatic heterocycles. The van der Waals surface area contributed by atoms with Gasteiger partial charge in [0.15, 0.2) is 0 Å². The zero-order chi connectivity index (χ0) is 14.7. The van der Waals surface area contributed by atoms with E-state index in [1.54, 1.807) is 18.4 Å². The topological polar surface area (TPSA) is 38.3 Å². The Balaban J connectivity index is 1.66. The van der Waals surface area contributed by atoms with Gasteiger partial charge in [0.25, 0.3) is 0 Å². The van der Waals surface area contributed by atoms with E-state index in [0.29, 0.717) is 6.54 Å². The number of thiophene rings is 1. The summed E-state index contributed by atoms with van der Waals surface area (Å²) >= 11 is 1.69. The molecule has 0 saturated heterocycles. The van der Waals surface area contributed by atoms with Crippen LogP contribution in [0.2, 0.25) is 0 Å². The highest BCUT2D eigenvalue weighted by molar-refractivity contribution is 7.07. The molecule has 0 spiro atoms. The van der Waals surface area contributed by atoms with Gasteiger partial charge in [0.1, 0.15) is 5.75 Å². The van der Waals surface area contributed by atoms with Gasteiger partial charge in [0.05, 0.1) is 12.5 Å². The summed E-state index contributed by atoms with van der Waals surface area (Å²) in [5.41, 5.74) is 1.92. The van der Waals surface area contributed by atoms with Crippen molar-refractivity contribution in [2.45, 2.75) is 24.7 Å². The summed E-state index contributed by atoms with van der Waals surface area (Å²) in [6.45, 7) is 0.687. The van der Waals surface area contributed by atoms with Crippen molar-refractivity contribution in [2.24, 2.45) is 0 Å². The van der Waals surface area contributed by atoms with E-state index in [0.717, 1.165) is 30.6 Å². The van der Waals surface area contributed by atoms with Gasteiger partial charge in [0, 0.05) is 12.1 Å². The molecule has 1 aromatic carbocycles. The Morgan fingerprint density at radius 3 is 2.81 bits per heavy atom. The minimum atomic E-state index is -0.374. The van der Waals surface area contributed by atoms with Gasteiger partial charge in [-0.1, -0.05) is 18.2 Å². The summed E-state index contributed by atoms with van der Waals surface area (Å²) < 4.78 is 5.41. The summed E-state index contributed by atoms with van der Waals surface area (Å²) in [7, 11) is 1.66. The number of hydrogen-bond donors (Lipinski definition) is 1. The van der Waals surface area contributed by atoms with Gasteiger partial charge in [-0.25, -0.2) is 0 Å². The Morgan fingerprint density at radius 1 is 1.33 bits per heavy atom. The third kappa shape index (κ3) is 2.81. The van der Waals surface area contributed by atoms with Crippen LogP contribution in [0, 0.1) is 0 Å². The number of rotatable bonds is 6. The van der Waals surface area contributed by atoms with Crippen LogP contribution < -0.4 is 10.1 Å². The maximum Gasteiger partial charge on any atom is 0.230 e. The van der Waals surface area contributed by atoms with Crippen molar-refractivity contribution < 1.29 is 9.53 Å². The molecule has 0 radical (unpaired) electrons. The zero-order valence-electron chi connectivity index (χ0n) is 12.1. The van der Waals surface area contributed by atoms with E-state index in [1.807, 2.05) is 24.3 Å². The van der Waals surface area contributed by atoms with Crippen molar-refractivity contribution >= 4 is 17.2 Å². The van der Waals surface area contributed by atoms with Gasteiger partial charge in [0.2, 0.25) is 5.91 Å². The van der Waals surface area contributed by atoms with Crippen molar-refractivity contribution in [3.8, 4) is 5.75 Å². The van der Waals surface area contributed by atoms with E-state index >= 15 is 0 Å². The molecular weight excluding hydrogens is 282 g/mol. The van der Waals surface area contributed by atoms with Crippen LogP contribution in [0.25, 0.3) is 0 Å². The lowest BCUT2D eigenvalue weighted by Gasteiger charge is -2.18. The van der Waals surface area contributed by atoms with Crippen molar-refractivity contribution in [3.05, 3.63) is 52.2 Å². The molecule has 1 N–H and O–H groups in total. The Bertz CT molecular complexity index is 617. The van der Waals surface area contributed by atoms with Crippen LogP contribution in [0.3, 0.4) is 0 Å². The second kappa shape index (κ2) is 5.90. The molecule has 21 heavy (non-hydrogen) atoms. The van der Waals surface area contributed by atoms with Crippen LogP contribution >= 0.6 is 11.3 Å². The SMILES string of the molecule is COc1ccccc1C1(C(=O)NCCc2ccsc2)CC1. The fraction of sp³-hybridized carbons (Fsp3) is 0.353. The Hall–Kier alpha value is -1.81. The normalized spacial score (nSPS) is 15.5. The average Bonchev–Trinajstić information content (AvgIpc) is 3.17. The number of benzene rings is 1. The van der Waals surface area contributed by atoms with E-state index in [-0.39, 0.29) is 11.3 Å². The molecule has 110 valence electrons. The second-order valence-corrected chi connectivity index (χ2v) is 6.20. The van der Waals surface area contributed by atoms with Crippen LogP contribution in [0.4, 0.5) is 0 Å². The molecule has 0 atom stereocenters. The molecule has 2 aromatic rings. The van der Waals surface area contributed by atoms with Gasteiger partial charge < -0.3 is 10.1 Å². The molecular formula is C17H19NO2S. The number of para-hydroxylation sites is 1. The average molecular weight is 301 g/mol. The maximum atomic E-state index is 12.6. The van der Waals surface area contributed by atoms with E-state index in [9.17, 15) is 4.79 Å². The summed E-state index contributed by atoms with van der Waals surface area (Å²) in [6.07, 6.45) is 2.69. The first-order chi connectivity index (χ1) is 10.3. The number of nitrogens with one attached hydrogen (secondary N) is 1. The van der Waals surface area contributed by atoms with Crippen LogP contribution in [0.1, 0.15) is 24.0 Å². The molecule has 1 aromatic heterocycles. The van der Waals surface area contributed by atoms with Gasteiger partial charge in [-0.3, -0.25) is 4.79 Å². The molecule has 1 fully saturated rings. The van der Waals surface area contributed by atoms with E-state index in [1.165, 1.54) is 5.56 Å². The minimum Gasteiger partial charge on any atom is -0.496 e. The number of ether oxygens (including phenoxy) is 1. The lowest BCUT2D eigenvalue weighted by atomic mass is 9.94. The quantitative estimate of drug-likeness (QED) is 0.890. The Kier molecular flexibility index (Phi) is 3.97. The standard InChI is InChI=1S/C17H19NO2S/c1-20-15-5-3-2-4-14(15)17(8-9-17)16(19)18-10-6-13-7-11-21-12-13/h2-5,7,11-12H,6,8-10H2,1H3,(H,18,19). The summed E-state index contributed by atoms with van der Waals surface area (Å²) in [5, 5.41) is 7.27. The van der Waals surface area contributed by atoms with Crippen molar-refractivity contribution in [1.82, 2.24) is 5.32 Å². The lowest BCUT2D eigenvalue weighted by Crippen LogP contribution is -2.36. The van der Waals surface area contributed by atoms with Crippen LogP contribution in [0.5, 0.6) is 5.75 Å². The maximum absolute atomic E-state index is 12.6. The highest BCUT2D eigenvalue weighted by Crippen LogP contribution is 2.51. The second-order valence-electron chi connectivity index (χ2n) is 5.42. The van der Waals surface area contributed by atoms with Crippen LogP contribution in [-0.2, 0) is 16.6 Å². The number of carbonyl (C=O) groups is 1. The molecule has 1 saturated carbocycles. The van der Waals surface area contributed by atoms with E-state index in [2.05, 4.69) is 22.1 Å². The fourth-order valence-corrected chi connectivity index (χ4v) is 3.41. The monoisotopic (exact) mass is 301 g/mol. The highest BCUT2D eigenvalue weighted by atomic mass is 32.1. The highest BCUT2D eigenvalue weighted by Gasteiger charge is 2.52. The summed E-state index contributed by atoms with van der Waals surface area (Å²) in [5.74, 6) is 0.935. The number of carbonyl (C=O) groups excluding carboxylic acids is 1. The Morgan fingerprint density at radius 2 is 2.14 bits per heavy atom. The van der Waals surface area contributed by atoms with Gasteiger partial charge in [-0.05, 0) is 47.7 Å². The summed E-state index contributed by atoms with van der Waals surface area (Å²) in [6, 6.07) is 9.94. The zero-order valence-corrected chi connectivity index (χ0v) is 12.9. The molecule has 1 heterocycles. The fourth-order valence-electron chi connectivity index (χ4n) is 2.71. The van der Waals surface area contributed by atoms with Crippen molar-refractivity contribution in [2.75, 3.05) is 13.7 Å². The van der Waals surface area contributed by atoms with Gasteiger partial charge >= 0.3 is 0 Å². The predicted molar refractivity (Wildman–Crippen MR) is 84.9 cm³/mol. The molecule has 1 aliphatic rings. The van der Waals surface area contributed by atoms with Crippen LogP contribution in [-0.4, -0.2) is 19.6 Å². The molecule has 1 amide bonds. The number of amides is 1. The largest absolute Gasteiger partial charge is 0.496 e. The third-order valence-corrected chi connectivity index (χ3v) is 4.82. The molecule has 4 heteroatoms. The molecule has 3 nitrogen and oxygen atoms in total. The van der Waals surface area contributed by atoms with E-state index < -0.39 is 0 Å². The number of hydrogen-bond acceptors (Lipinski definition) is 3. The lowest BCUT2D eigenvalue weighted by molar-refractivity contribution is -0.123. The molecule has 3 rings (SSSR count). The van der Waals surface area contributed by atoms with Gasteiger partial charge in [-0.15, -0.1) is 0 Å².